The van der Waals surface area contributed by atoms with Crippen LogP contribution in [-0.2, 0) is 16.6 Å². The third kappa shape index (κ3) is 8.73. The van der Waals surface area contributed by atoms with Crippen LogP contribution in [0, 0.1) is 6.92 Å². The molecule has 5 aromatic carbocycles. The summed E-state index contributed by atoms with van der Waals surface area (Å²) in [7, 11) is 0. The van der Waals surface area contributed by atoms with Gasteiger partial charge < -0.3 is 10.6 Å². The smallest absolute Gasteiger partial charge is 0.251 e. The second kappa shape index (κ2) is 15.1. The van der Waals surface area contributed by atoms with Crippen molar-refractivity contribution in [2.24, 2.45) is 0 Å². The molecule has 6 heteroatoms. The molecule has 0 saturated heterocycles. The van der Waals surface area contributed by atoms with Crippen LogP contribution < -0.4 is 10.6 Å². The van der Waals surface area contributed by atoms with Crippen LogP contribution in [-0.4, -0.2) is 24.1 Å². The van der Waals surface area contributed by atoms with Gasteiger partial charge in [0.15, 0.2) is 0 Å². The van der Waals surface area contributed by atoms with Gasteiger partial charge in [0, 0.05) is 28.6 Å². The molecule has 47 heavy (non-hydrogen) atoms. The zero-order chi connectivity index (χ0) is 33.6. The molecule has 4 nitrogen and oxygen atoms in total. The molecule has 0 fully saturated rings. The Morgan fingerprint density at radius 1 is 0.745 bits per heavy atom. The maximum atomic E-state index is 13.9. The number of benzene rings is 5. The van der Waals surface area contributed by atoms with Crippen LogP contribution in [0.4, 0.5) is 5.69 Å². The molecule has 1 atom stereocenters. The molecule has 0 aromatic heterocycles. The minimum atomic E-state index is -0.449. The van der Waals surface area contributed by atoms with E-state index in [4.69, 9.17) is 11.6 Å². The number of nitrogens with one attached hydrogen (secondary N) is 2. The Morgan fingerprint density at radius 3 is 1.87 bits per heavy atom. The lowest BCUT2D eigenvalue weighted by molar-refractivity contribution is -0.117. The fourth-order valence-corrected chi connectivity index (χ4v) is 5.76. The Hall–Kier alpha value is -4.32. The highest BCUT2D eigenvalue weighted by Gasteiger charge is 2.22. The molecule has 0 bridgehead atoms. The Bertz CT molecular complexity index is 1830. The third-order valence-corrected chi connectivity index (χ3v) is 9.06. The number of halogens is 1. The lowest BCUT2D eigenvalue weighted by Gasteiger charge is -2.20. The molecule has 5 aromatic rings. The number of hydrogen-bond donors (Lipinski definition) is 3. The van der Waals surface area contributed by atoms with E-state index in [1.807, 2.05) is 67.6 Å². The summed E-state index contributed by atoms with van der Waals surface area (Å²) in [4.78, 5) is 26.4. The molecule has 0 radical (unpaired) electrons. The number of aryl methyl sites for hydroxylation is 1. The number of carbonyl (C=O) groups is 2. The van der Waals surface area contributed by atoms with Gasteiger partial charge in [-0.1, -0.05) is 111 Å². The van der Waals surface area contributed by atoms with E-state index >= 15 is 0 Å². The zero-order valence-corrected chi connectivity index (χ0v) is 29.0. The second-order valence-corrected chi connectivity index (χ2v) is 13.8. The zero-order valence-electron chi connectivity index (χ0n) is 27.3. The maximum absolute atomic E-state index is 13.9. The molecule has 0 aliphatic carbocycles. The third-order valence-electron chi connectivity index (χ3n) is 8.41. The fourth-order valence-electron chi connectivity index (χ4n) is 5.53. The Labute approximate surface area is 289 Å². The number of carbonyl (C=O) groups excluding carboxylic acids is 2. The summed E-state index contributed by atoms with van der Waals surface area (Å²) in [6, 6.07) is 38.2. The van der Waals surface area contributed by atoms with Crippen LogP contribution in [0.15, 0.2) is 115 Å². The quantitative estimate of drug-likeness (QED) is 0.131. The summed E-state index contributed by atoms with van der Waals surface area (Å²) in [5.74, 6) is -0.110. The van der Waals surface area contributed by atoms with Gasteiger partial charge in [0.1, 0.15) is 0 Å². The molecule has 2 N–H and O–H groups in total. The lowest BCUT2D eigenvalue weighted by Crippen LogP contribution is -2.25. The summed E-state index contributed by atoms with van der Waals surface area (Å²) in [6.07, 6.45) is 0.478. The van der Waals surface area contributed by atoms with Gasteiger partial charge >= 0.3 is 0 Å². The molecule has 1 unspecified atom stereocenters. The molecule has 0 saturated carbocycles. The fraction of sp³-hybridized carbons (Fsp3) is 0.220. The van der Waals surface area contributed by atoms with E-state index in [0.717, 1.165) is 49.7 Å². The standard InChI is InChI=1S/C41H41ClN2O2S/c1-27-25-34(17-22-38(27)42)31-15-20-36(21-16-31)44-40(46)37(26-28-5-7-33(8-6-28)39(45)43-23-24-47)32-11-9-29(10-12-32)30-13-18-35(19-14-30)41(2,3)4/h5-22,25,37,47H,23-24,26H2,1-4H3,(H,43,45)(H,44,46). The van der Waals surface area contributed by atoms with Gasteiger partial charge in [0.25, 0.3) is 5.91 Å². The van der Waals surface area contributed by atoms with Crippen LogP contribution in [0.2, 0.25) is 5.02 Å². The van der Waals surface area contributed by atoms with Gasteiger partial charge in [0.2, 0.25) is 5.91 Å². The molecular formula is C41H41ClN2O2S. The molecule has 0 spiro atoms. The summed E-state index contributed by atoms with van der Waals surface area (Å²) in [5, 5.41) is 6.73. The Balaban J connectivity index is 1.38. The molecule has 0 aliphatic rings. The molecule has 240 valence electrons. The van der Waals surface area contributed by atoms with Crippen molar-refractivity contribution in [1.29, 1.82) is 0 Å². The van der Waals surface area contributed by atoms with E-state index in [1.54, 1.807) is 12.1 Å². The highest BCUT2D eigenvalue weighted by molar-refractivity contribution is 7.80. The summed E-state index contributed by atoms with van der Waals surface area (Å²) >= 11 is 10.4. The van der Waals surface area contributed by atoms with E-state index in [0.29, 0.717) is 24.3 Å². The first-order chi connectivity index (χ1) is 22.5. The van der Waals surface area contributed by atoms with Gasteiger partial charge in [-0.15, -0.1) is 0 Å². The monoisotopic (exact) mass is 660 g/mol. The maximum Gasteiger partial charge on any atom is 0.251 e. The van der Waals surface area contributed by atoms with Gasteiger partial charge in [-0.25, -0.2) is 0 Å². The van der Waals surface area contributed by atoms with Gasteiger partial charge in [-0.2, -0.15) is 12.6 Å². The topological polar surface area (TPSA) is 58.2 Å². The van der Waals surface area contributed by atoms with Crippen molar-refractivity contribution >= 4 is 41.7 Å². The van der Waals surface area contributed by atoms with E-state index in [-0.39, 0.29) is 17.2 Å². The van der Waals surface area contributed by atoms with Gasteiger partial charge in [0.05, 0.1) is 5.92 Å². The minimum absolute atomic E-state index is 0.0899. The number of amides is 2. The normalized spacial score (nSPS) is 12.0. The Morgan fingerprint density at radius 2 is 1.30 bits per heavy atom. The predicted octanol–water partition coefficient (Wildman–Crippen LogP) is 9.90. The van der Waals surface area contributed by atoms with Crippen molar-refractivity contribution in [2.75, 3.05) is 17.6 Å². The summed E-state index contributed by atoms with van der Waals surface area (Å²) in [5.41, 5.74) is 9.92. The van der Waals surface area contributed by atoms with Crippen LogP contribution in [0.5, 0.6) is 0 Å². The first-order valence-electron chi connectivity index (χ1n) is 15.9. The predicted molar refractivity (Wildman–Crippen MR) is 200 cm³/mol. The van der Waals surface area contributed by atoms with Crippen LogP contribution in [0.25, 0.3) is 22.3 Å². The minimum Gasteiger partial charge on any atom is -0.351 e. The van der Waals surface area contributed by atoms with Crippen molar-refractivity contribution in [3.05, 3.63) is 148 Å². The van der Waals surface area contributed by atoms with Crippen molar-refractivity contribution in [1.82, 2.24) is 5.32 Å². The van der Waals surface area contributed by atoms with Crippen LogP contribution in [0.3, 0.4) is 0 Å². The van der Waals surface area contributed by atoms with E-state index in [2.05, 4.69) is 86.5 Å². The van der Waals surface area contributed by atoms with E-state index < -0.39 is 5.92 Å². The van der Waals surface area contributed by atoms with Crippen molar-refractivity contribution in [3.63, 3.8) is 0 Å². The van der Waals surface area contributed by atoms with E-state index in [9.17, 15) is 9.59 Å². The SMILES string of the molecule is Cc1cc(-c2ccc(NC(=O)C(Cc3ccc(C(=O)NCCS)cc3)c3ccc(-c4ccc(C(C)(C)C)cc4)cc3)cc2)ccc1Cl. The number of anilines is 1. The van der Waals surface area contributed by atoms with Gasteiger partial charge in [-0.3, -0.25) is 9.59 Å². The lowest BCUT2D eigenvalue weighted by atomic mass is 9.86. The first kappa shape index (κ1) is 34.0. The molecule has 2 amide bonds. The van der Waals surface area contributed by atoms with Gasteiger partial charge in [-0.05, 0) is 99.7 Å². The molecule has 5 rings (SSSR count). The highest BCUT2D eigenvalue weighted by Crippen LogP contribution is 2.30. The first-order valence-corrected chi connectivity index (χ1v) is 16.9. The summed E-state index contributed by atoms with van der Waals surface area (Å²) < 4.78 is 0. The summed E-state index contributed by atoms with van der Waals surface area (Å²) in [6.45, 7) is 9.12. The molecule has 0 aliphatic heterocycles. The molecule has 0 heterocycles. The number of hydrogen-bond acceptors (Lipinski definition) is 3. The van der Waals surface area contributed by atoms with Crippen LogP contribution >= 0.6 is 24.2 Å². The van der Waals surface area contributed by atoms with E-state index in [1.165, 1.54) is 5.56 Å². The van der Waals surface area contributed by atoms with Crippen molar-refractivity contribution < 1.29 is 9.59 Å². The average molecular weight is 661 g/mol. The van der Waals surface area contributed by atoms with Crippen molar-refractivity contribution in [2.45, 2.75) is 45.4 Å². The van der Waals surface area contributed by atoms with Crippen LogP contribution in [0.1, 0.15) is 59.3 Å². The highest BCUT2D eigenvalue weighted by atomic mass is 35.5. The largest absolute Gasteiger partial charge is 0.351 e. The number of thiol groups is 1. The Kier molecular flexibility index (Phi) is 10.9. The van der Waals surface area contributed by atoms with Crippen molar-refractivity contribution in [3.8, 4) is 22.3 Å². The second-order valence-electron chi connectivity index (χ2n) is 12.9. The number of rotatable bonds is 10. The average Bonchev–Trinajstić information content (AvgIpc) is 3.07. The molecular weight excluding hydrogens is 620 g/mol.